The quantitative estimate of drug-likeness (QED) is 0.686. The third kappa shape index (κ3) is 3.74. The summed E-state index contributed by atoms with van der Waals surface area (Å²) in [5.41, 5.74) is 1.30. The largest absolute Gasteiger partial charge is 0.449 e. The van der Waals surface area contributed by atoms with E-state index in [1.807, 2.05) is 0 Å². The predicted molar refractivity (Wildman–Crippen MR) is 67.7 cm³/mol. The number of anilines is 1. The van der Waals surface area contributed by atoms with Crippen molar-refractivity contribution in [1.29, 1.82) is 0 Å². The number of aromatic nitrogens is 2. The first-order chi connectivity index (χ1) is 9.58. The molecular weight excluding hydrogens is 320 g/mol. The van der Waals surface area contributed by atoms with Crippen LogP contribution in [-0.2, 0) is 12.7 Å². The number of hydrogen-bond acceptors (Lipinski definition) is 3. The number of nitrogens with zero attached hydrogens (tertiary/aromatic N) is 2. The number of nitrogen functional groups attached to an aromatic ring is 1. The summed E-state index contributed by atoms with van der Waals surface area (Å²) in [5, 5.41) is 0. The van der Waals surface area contributed by atoms with Crippen molar-refractivity contribution >= 4 is 28.5 Å². The monoisotopic (exact) mass is 329 g/mol. The second-order valence-corrected chi connectivity index (χ2v) is 5.29. The topological polar surface area (TPSA) is 43.8 Å². The van der Waals surface area contributed by atoms with Gasteiger partial charge in [0.25, 0.3) is 0 Å². The van der Waals surface area contributed by atoms with Crippen molar-refractivity contribution in [3.63, 3.8) is 0 Å². The van der Waals surface area contributed by atoms with Crippen molar-refractivity contribution < 1.29 is 26.3 Å². The van der Waals surface area contributed by atoms with Crippen molar-refractivity contribution in [2.75, 3.05) is 11.5 Å². The van der Waals surface area contributed by atoms with E-state index < -0.39 is 29.8 Å². The Kier molecular flexibility index (Phi) is 4.00. The molecule has 3 nitrogen and oxygen atoms in total. The first kappa shape index (κ1) is 15.8. The van der Waals surface area contributed by atoms with Crippen molar-refractivity contribution in [1.82, 2.24) is 9.55 Å². The van der Waals surface area contributed by atoms with Crippen LogP contribution in [0.2, 0.25) is 0 Å². The predicted octanol–water partition coefficient (Wildman–Crippen LogP) is 3.89. The van der Waals surface area contributed by atoms with E-state index in [-0.39, 0.29) is 28.5 Å². The molecule has 0 atom stereocenters. The summed E-state index contributed by atoms with van der Waals surface area (Å²) in [6, 6.07) is 3.93. The minimum atomic E-state index is -4.75. The molecule has 2 aromatic rings. The molecule has 0 fully saturated rings. The lowest BCUT2D eigenvalue weighted by atomic mass is 10.3. The zero-order valence-electron chi connectivity index (χ0n) is 10.3. The van der Waals surface area contributed by atoms with Crippen LogP contribution in [0.5, 0.6) is 0 Å². The average Bonchev–Trinajstić information content (AvgIpc) is 2.65. The van der Waals surface area contributed by atoms with Crippen LogP contribution in [0.4, 0.5) is 32.0 Å². The van der Waals surface area contributed by atoms with Crippen LogP contribution in [0.1, 0.15) is 5.82 Å². The minimum Gasteiger partial charge on any atom is -0.399 e. The van der Waals surface area contributed by atoms with E-state index in [4.69, 9.17) is 5.73 Å². The first-order valence-electron chi connectivity index (χ1n) is 5.61. The highest BCUT2D eigenvalue weighted by molar-refractivity contribution is 8.00. The highest BCUT2D eigenvalue weighted by Crippen LogP contribution is 2.34. The van der Waals surface area contributed by atoms with Crippen LogP contribution in [-0.4, -0.2) is 20.8 Å². The van der Waals surface area contributed by atoms with Gasteiger partial charge in [-0.15, -0.1) is 0 Å². The smallest absolute Gasteiger partial charge is 0.399 e. The number of fused-ring (bicyclic) bond motifs is 1. The number of nitrogens with two attached hydrogens (primary N) is 1. The zero-order valence-corrected chi connectivity index (χ0v) is 11.1. The summed E-state index contributed by atoms with van der Waals surface area (Å²) in [7, 11) is 0. The molecule has 2 N–H and O–H groups in total. The summed E-state index contributed by atoms with van der Waals surface area (Å²) in [5.74, 6) is -1.77. The Morgan fingerprint density at radius 1 is 1.14 bits per heavy atom. The molecule has 0 amide bonds. The lowest BCUT2D eigenvalue weighted by Gasteiger charge is -2.12. The fourth-order valence-corrected chi connectivity index (χ4v) is 2.35. The molecule has 0 saturated carbocycles. The summed E-state index contributed by atoms with van der Waals surface area (Å²) in [4.78, 5) is 3.43. The molecule has 116 valence electrons. The number of alkyl halides is 6. The Balaban J connectivity index is 2.39. The van der Waals surface area contributed by atoms with E-state index in [1.165, 1.54) is 18.2 Å². The van der Waals surface area contributed by atoms with Gasteiger partial charge in [0.15, 0.2) is 0 Å². The molecular formula is C11H9F6N3S. The van der Waals surface area contributed by atoms with Crippen molar-refractivity contribution in [2.45, 2.75) is 18.2 Å². The third-order valence-electron chi connectivity index (χ3n) is 2.61. The second-order valence-electron chi connectivity index (χ2n) is 4.13. The molecule has 2 rings (SSSR count). The van der Waals surface area contributed by atoms with E-state index in [0.717, 1.165) is 4.57 Å². The molecule has 0 aliphatic carbocycles. The van der Waals surface area contributed by atoms with Crippen molar-refractivity contribution in [3.8, 4) is 0 Å². The average molecular weight is 329 g/mol. The minimum absolute atomic E-state index is 0.000617. The number of rotatable bonds is 3. The summed E-state index contributed by atoms with van der Waals surface area (Å²) in [6.07, 6.45) is -4.75. The maximum atomic E-state index is 12.9. The van der Waals surface area contributed by atoms with E-state index in [0.29, 0.717) is 0 Å². The molecule has 0 saturated heterocycles. The van der Waals surface area contributed by atoms with Gasteiger partial charge >= 0.3 is 11.7 Å². The molecule has 1 aromatic heterocycles. The highest BCUT2D eigenvalue weighted by atomic mass is 32.2. The van der Waals surface area contributed by atoms with Gasteiger partial charge in [0.1, 0.15) is 0 Å². The normalized spacial score (nSPS) is 13.0. The Labute approximate surface area is 119 Å². The van der Waals surface area contributed by atoms with Crippen molar-refractivity contribution in [2.24, 2.45) is 0 Å². The van der Waals surface area contributed by atoms with E-state index in [2.05, 4.69) is 4.98 Å². The van der Waals surface area contributed by atoms with E-state index in [1.54, 1.807) is 0 Å². The zero-order chi connectivity index (χ0) is 15.8. The van der Waals surface area contributed by atoms with Gasteiger partial charge in [-0.2, -0.15) is 26.3 Å². The van der Waals surface area contributed by atoms with Gasteiger partial charge in [-0.1, -0.05) is 0 Å². The Bertz CT molecular complexity index is 646. The summed E-state index contributed by atoms with van der Waals surface area (Å²) >= 11 is -0.378. The molecule has 0 aliphatic rings. The van der Waals surface area contributed by atoms with E-state index in [9.17, 15) is 26.3 Å². The number of thioether (sulfide) groups is 1. The maximum Gasteiger partial charge on any atom is 0.449 e. The second kappa shape index (κ2) is 5.32. The molecule has 0 aliphatic heterocycles. The highest BCUT2D eigenvalue weighted by Gasteiger charge is 2.38. The molecule has 10 heteroatoms. The molecule has 0 unspecified atom stereocenters. The van der Waals surface area contributed by atoms with Gasteiger partial charge in [0.05, 0.1) is 11.0 Å². The number of aryl methyl sites for hydroxylation is 1. The standard InChI is InChI=1S/C11H9F6N3S/c12-10(13,14)9-19-7-5-6(18)1-2-8(7)20(9)3-4-21-11(15,16)17/h1-2,5H,3-4,18H2. The summed E-state index contributed by atoms with van der Waals surface area (Å²) < 4.78 is 75.7. The van der Waals surface area contributed by atoms with Crippen LogP contribution >= 0.6 is 11.8 Å². The number of hydrogen-bond donors (Lipinski definition) is 1. The lowest BCUT2D eigenvalue weighted by Crippen LogP contribution is -2.16. The molecule has 21 heavy (non-hydrogen) atoms. The van der Waals surface area contributed by atoms with E-state index >= 15 is 0 Å². The van der Waals surface area contributed by atoms with Gasteiger partial charge in [-0.05, 0) is 30.0 Å². The number of benzene rings is 1. The summed E-state index contributed by atoms with van der Waals surface area (Å²) in [6.45, 7) is -0.459. The van der Waals surface area contributed by atoms with Gasteiger partial charge in [-0.3, -0.25) is 0 Å². The van der Waals surface area contributed by atoms with Crippen LogP contribution in [0, 0.1) is 0 Å². The number of halogens is 6. The first-order valence-corrected chi connectivity index (χ1v) is 6.60. The maximum absolute atomic E-state index is 12.9. The molecule has 0 spiro atoms. The van der Waals surface area contributed by atoms with Crippen LogP contribution in [0.3, 0.4) is 0 Å². The van der Waals surface area contributed by atoms with Crippen LogP contribution in [0.25, 0.3) is 11.0 Å². The van der Waals surface area contributed by atoms with Gasteiger partial charge in [-0.25, -0.2) is 4.98 Å². The van der Waals surface area contributed by atoms with Crippen molar-refractivity contribution in [3.05, 3.63) is 24.0 Å². The van der Waals surface area contributed by atoms with Crippen LogP contribution < -0.4 is 5.73 Å². The number of imidazole rings is 1. The fraction of sp³-hybridized carbons (Fsp3) is 0.364. The molecule has 1 heterocycles. The SMILES string of the molecule is Nc1ccc2c(c1)nc(C(F)(F)F)n2CCSC(F)(F)F. The lowest BCUT2D eigenvalue weighted by molar-refractivity contribution is -0.146. The fourth-order valence-electron chi connectivity index (χ4n) is 1.84. The van der Waals surface area contributed by atoms with Crippen LogP contribution in [0.15, 0.2) is 18.2 Å². The molecule has 0 bridgehead atoms. The Hall–Kier alpha value is -1.58. The van der Waals surface area contributed by atoms with Gasteiger partial charge < -0.3 is 10.3 Å². The third-order valence-corrected chi connectivity index (χ3v) is 3.32. The Morgan fingerprint density at radius 2 is 1.81 bits per heavy atom. The van der Waals surface area contributed by atoms with Gasteiger partial charge in [0, 0.05) is 18.0 Å². The Morgan fingerprint density at radius 3 is 2.38 bits per heavy atom. The molecule has 1 aromatic carbocycles. The molecule has 0 radical (unpaired) electrons. The van der Waals surface area contributed by atoms with Gasteiger partial charge in [0.2, 0.25) is 5.82 Å².